The first-order chi connectivity index (χ1) is 9.26. The summed E-state index contributed by atoms with van der Waals surface area (Å²) in [4.78, 5) is 12.4. The molecule has 112 valence electrons. The van der Waals surface area contributed by atoms with Gasteiger partial charge in [-0.15, -0.1) is 0 Å². The first-order valence-corrected chi connectivity index (χ1v) is 6.45. The molecule has 1 aromatic rings. The Balaban J connectivity index is 2.98. The highest BCUT2D eigenvalue weighted by atomic mass is 16.6. The van der Waals surface area contributed by atoms with Gasteiger partial charge in [-0.1, -0.05) is 6.92 Å². The van der Waals surface area contributed by atoms with Gasteiger partial charge >= 0.3 is 0 Å². The Kier molecular flexibility index (Phi) is 5.43. The van der Waals surface area contributed by atoms with E-state index in [-0.39, 0.29) is 5.69 Å². The molecule has 0 spiro atoms. The van der Waals surface area contributed by atoms with Crippen molar-refractivity contribution in [1.29, 1.82) is 0 Å². The van der Waals surface area contributed by atoms with Crippen molar-refractivity contribution in [2.75, 3.05) is 18.5 Å². The summed E-state index contributed by atoms with van der Waals surface area (Å²) >= 11 is 0. The second-order valence-corrected chi connectivity index (χ2v) is 5.36. The average molecular weight is 282 g/mol. The van der Waals surface area contributed by atoms with Crippen LogP contribution in [0.5, 0.6) is 0 Å². The summed E-state index contributed by atoms with van der Waals surface area (Å²) in [6.07, 6.45) is 0. The maximum absolute atomic E-state index is 10.8. The van der Waals surface area contributed by atoms with Gasteiger partial charge in [0.15, 0.2) is 0 Å². The number of nitrogens with two attached hydrogens (primary N) is 1. The van der Waals surface area contributed by atoms with E-state index in [4.69, 9.17) is 5.84 Å². The Labute approximate surface area is 118 Å². The molecule has 0 bridgehead atoms. The molecule has 0 aliphatic rings. The summed E-state index contributed by atoms with van der Waals surface area (Å²) in [6.45, 7) is 7.09. The van der Waals surface area contributed by atoms with Gasteiger partial charge in [0, 0.05) is 25.2 Å². The molecule has 0 aromatic heterocycles. The predicted molar refractivity (Wildman–Crippen MR) is 78.2 cm³/mol. The van der Waals surface area contributed by atoms with E-state index in [1.54, 1.807) is 19.9 Å². The number of nitro groups is 1. The first kappa shape index (κ1) is 16.4. The summed E-state index contributed by atoms with van der Waals surface area (Å²) in [5, 5.41) is 20.7. The monoisotopic (exact) mass is 282 g/mol. The minimum absolute atomic E-state index is 0.0262. The predicted octanol–water partition coefficient (Wildman–Crippen LogP) is 1.47. The van der Waals surface area contributed by atoms with E-state index in [1.807, 2.05) is 11.8 Å². The fraction of sp³-hybridized carbons (Fsp3) is 0.538. The van der Waals surface area contributed by atoms with Gasteiger partial charge in [-0.05, 0) is 32.0 Å². The van der Waals surface area contributed by atoms with Crippen molar-refractivity contribution in [2.45, 2.75) is 32.9 Å². The molecule has 4 N–H and O–H groups in total. The number of likely N-dealkylation sites (N-methyl/N-ethyl adjacent to an activating group) is 1. The molecule has 0 atom stereocenters. The van der Waals surface area contributed by atoms with E-state index in [9.17, 15) is 15.2 Å². The van der Waals surface area contributed by atoms with Gasteiger partial charge in [-0.2, -0.15) is 0 Å². The van der Waals surface area contributed by atoms with Crippen LogP contribution < -0.4 is 11.3 Å². The molecule has 7 heteroatoms. The van der Waals surface area contributed by atoms with Crippen LogP contribution in [0.1, 0.15) is 26.3 Å². The lowest BCUT2D eigenvalue weighted by Crippen LogP contribution is -2.38. The largest absolute Gasteiger partial charge is 0.389 e. The standard InChI is InChI=1S/C13H22N4O3/c1-4-16(9-13(2,3)18)8-10-7-11(17(19)20)5-6-12(10)15-14/h5-7,15,18H,4,8-9,14H2,1-3H3. The van der Waals surface area contributed by atoms with Gasteiger partial charge in [0.05, 0.1) is 16.2 Å². The fourth-order valence-corrected chi connectivity index (χ4v) is 2.03. The summed E-state index contributed by atoms with van der Waals surface area (Å²) in [7, 11) is 0. The normalized spacial score (nSPS) is 11.7. The Morgan fingerprint density at radius 2 is 2.15 bits per heavy atom. The second kappa shape index (κ2) is 6.65. The van der Waals surface area contributed by atoms with Gasteiger partial charge in [-0.3, -0.25) is 20.9 Å². The zero-order chi connectivity index (χ0) is 15.3. The van der Waals surface area contributed by atoms with Gasteiger partial charge < -0.3 is 10.5 Å². The zero-order valence-corrected chi connectivity index (χ0v) is 12.1. The minimum Gasteiger partial charge on any atom is -0.389 e. The average Bonchev–Trinajstić information content (AvgIpc) is 2.36. The number of aliphatic hydroxyl groups is 1. The van der Waals surface area contributed by atoms with Crippen LogP contribution in [-0.4, -0.2) is 33.6 Å². The lowest BCUT2D eigenvalue weighted by atomic mass is 10.1. The topological polar surface area (TPSA) is 105 Å². The molecule has 0 aliphatic carbocycles. The third-order valence-corrected chi connectivity index (χ3v) is 2.91. The van der Waals surface area contributed by atoms with Crippen LogP contribution >= 0.6 is 0 Å². The van der Waals surface area contributed by atoms with Crippen LogP contribution in [0, 0.1) is 10.1 Å². The molecule has 0 unspecified atom stereocenters. The van der Waals surface area contributed by atoms with Crippen molar-refractivity contribution >= 4 is 11.4 Å². The van der Waals surface area contributed by atoms with Crippen LogP contribution in [0.4, 0.5) is 11.4 Å². The molecule has 0 heterocycles. The maximum Gasteiger partial charge on any atom is 0.269 e. The van der Waals surface area contributed by atoms with E-state index in [0.29, 0.717) is 18.8 Å². The number of non-ortho nitro benzene ring substituents is 1. The molecule has 0 fully saturated rings. The number of nitrogen functional groups attached to an aromatic ring is 1. The number of rotatable bonds is 7. The molecule has 1 aromatic carbocycles. The number of nitrogens with zero attached hydrogens (tertiary/aromatic N) is 2. The number of nitro benzene ring substituents is 1. The Hall–Kier alpha value is -1.70. The third kappa shape index (κ3) is 4.76. The first-order valence-electron chi connectivity index (χ1n) is 6.45. The van der Waals surface area contributed by atoms with Crippen molar-refractivity contribution in [3.05, 3.63) is 33.9 Å². The third-order valence-electron chi connectivity index (χ3n) is 2.91. The smallest absolute Gasteiger partial charge is 0.269 e. The van der Waals surface area contributed by atoms with E-state index >= 15 is 0 Å². The van der Waals surface area contributed by atoms with Gasteiger partial charge in [0.2, 0.25) is 0 Å². The Morgan fingerprint density at radius 3 is 2.60 bits per heavy atom. The number of hydrogen-bond donors (Lipinski definition) is 3. The highest BCUT2D eigenvalue weighted by molar-refractivity contribution is 5.55. The maximum atomic E-state index is 10.8. The van der Waals surface area contributed by atoms with Gasteiger partial charge in [0.1, 0.15) is 0 Å². The molecule has 0 saturated carbocycles. The van der Waals surface area contributed by atoms with Crippen molar-refractivity contribution in [3.63, 3.8) is 0 Å². The number of anilines is 1. The van der Waals surface area contributed by atoms with Crippen molar-refractivity contribution in [2.24, 2.45) is 5.84 Å². The van der Waals surface area contributed by atoms with Crippen LogP contribution in [0.3, 0.4) is 0 Å². The molecule has 20 heavy (non-hydrogen) atoms. The van der Waals surface area contributed by atoms with E-state index in [2.05, 4.69) is 5.43 Å². The molecule has 0 saturated heterocycles. The van der Waals surface area contributed by atoms with E-state index < -0.39 is 10.5 Å². The van der Waals surface area contributed by atoms with Gasteiger partial charge in [-0.25, -0.2) is 0 Å². The van der Waals surface area contributed by atoms with Crippen molar-refractivity contribution in [3.8, 4) is 0 Å². The zero-order valence-electron chi connectivity index (χ0n) is 12.1. The number of hydrogen-bond acceptors (Lipinski definition) is 6. The molecule has 0 amide bonds. The minimum atomic E-state index is -0.826. The SMILES string of the molecule is CCN(Cc1cc([N+](=O)[O-])ccc1NN)CC(C)(C)O. The highest BCUT2D eigenvalue weighted by Gasteiger charge is 2.19. The summed E-state index contributed by atoms with van der Waals surface area (Å²) in [6, 6.07) is 4.50. The summed E-state index contributed by atoms with van der Waals surface area (Å²) in [5.74, 6) is 5.43. The molecule has 1 rings (SSSR count). The molecular weight excluding hydrogens is 260 g/mol. The number of hydrazine groups is 1. The fourth-order valence-electron chi connectivity index (χ4n) is 2.03. The quantitative estimate of drug-likeness (QED) is 0.397. The molecule has 0 aliphatic heterocycles. The van der Waals surface area contributed by atoms with Crippen LogP contribution in [0.2, 0.25) is 0 Å². The lowest BCUT2D eigenvalue weighted by Gasteiger charge is -2.28. The van der Waals surface area contributed by atoms with Crippen molar-refractivity contribution < 1.29 is 10.0 Å². The van der Waals surface area contributed by atoms with E-state index in [1.165, 1.54) is 12.1 Å². The summed E-state index contributed by atoms with van der Waals surface area (Å²) in [5.41, 5.74) is 3.11. The van der Waals surface area contributed by atoms with Crippen LogP contribution in [0.25, 0.3) is 0 Å². The van der Waals surface area contributed by atoms with E-state index in [0.717, 1.165) is 12.1 Å². The molecular formula is C13H22N4O3. The van der Waals surface area contributed by atoms with Crippen LogP contribution in [-0.2, 0) is 6.54 Å². The highest BCUT2D eigenvalue weighted by Crippen LogP contribution is 2.23. The molecule has 0 radical (unpaired) electrons. The lowest BCUT2D eigenvalue weighted by molar-refractivity contribution is -0.384. The summed E-state index contributed by atoms with van der Waals surface area (Å²) < 4.78 is 0. The molecule has 7 nitrogen and oxygen atoms in total. The Morgan fingerprint density at radius 1 is 1.50 bits per heavy atom. The second-order valence-electron chi connectivity index (χ2n) is 5.36. The Bertz CT molecular complexity index is 471. The van der Waals surface area contributed by atoms with Crippen molar-refractivity contribution in [1.82, 2.24) is 4.90 Å². The number of benzene rings is 1. The van der Waals surface area contributed by atoms with Crippen LogP contribution in [0.15, 0.2) is 18.2 Å². The van der Waals surface area contributed by atoms with Gasteiger partial charge in [0.25, 0.3) is 5.69 Å². The number of nitrogens with one attached hydrogen (secondary N) is 1.